The van der Waals surface area contributed by atoms with E-state index in [0.717, 1.165) is 13.1 Å². The molecular formula is C6H17N3. The van der Waals surface area contributed by atoms with E-state index in [1.54, 1.807) is 0 Å². The predicted molar refractivity (Wildman–Crippen MR) is 40.2 cm³/mol. The SMILES string of the molecule is C[C@@H](N)CNC[C@@H](C)N. The van der Waals surface area contributed by atoms with Crippen molar-refractivity contribution in [2.45, 2.75) is 25.9 Å². The summed E-state index contributed by atoms with van der Waals surface area (Å²) in [6.45, 7) is 5.63. The Bertz CT molecular complexity index is 53.3. The number of nitrogens with two attached hydrogens (primary N) is 2. The second kappa shape index (κ2) is 4.73. The lowest BCUT2D eigenvalue weighted by Crippen LogP contribution is -2.37. The zero-order valence-corrected chi connectivity index (χ0v) is 6.22. The maximum atomic E-state index is 5.48. The first-order chi connectivity index (χ1) is 4.13. The summed E-state index contributed by atoms with van der Waals surface area (Å²) in [6, 6.07) is 0.451. The van der Waals surface area contributed by atoms with Gasteiger partial charge in [-0.05, 0) is 13.8 Å². The fourth-order valence-corrected chi connectivity index (χ4v) is 0.539. The van der Waals surface area contributed by atoms with Crippen LogP contribution in [-0.2, 0) is 0 Å². The van der Waals surface area contributed by atoms with Gasteiger partial charge in [0.05, 0.1) is 0 Å². The Kier molecular flexibility index (Phi) is 4.67. The molecule has 0 spiro atoms. The Hall–Kier alpha value is -0.120. The van der Waals surface area contributed by atoms with Crippen molar-refractivity contribution < 1.29 is 0 Å². The molecule has 0 rings (SSSR count). The zero-order valence-electron chi connectivity index (χ0n) is 6.22. The highest BCUT2D eigenvalue weighted by Gasteiger charge is 1.94. The van der Waals surface area contributed by atoms with Crippen LogP contribution in [0, 0.1) is 0 Å². The van der Waals surface area contributed by atoms with Crippen LogP contribution in [0.1, 0.15) is 13.8 Å². The van der Waals surface area contributed by atoms with Gasteiger partial charge < -0.3 is 16.8 Å². The molecule has 0 amide bonds. The maximum Gasteiger partial charge on any atom is 0.0136 e. The van der Waals surface area contributed by atoms with Crippen molar-refractivity contribution >= 4 is 0 Å². The van der Waals surface area contributed by atoms with E-state index in [0.29, 0.717) is 0 Å². The normalized spacial score (nSPS) is 17.3. The molecule has 0 aromatic carbocycles. The monoisotopic (exact) mass is 131 g/mol. The molecule has 0 bridgehead atoms. The van der Waals surface area contributed by atoms with Crippen LogP contribution in [0.5, 0.6) is 0 Å². The Morgan fingerprint density at radius 3 is 1.67 bits per heavy atom. The summed E-state index contributed by atoms with van der Waals surface area (Å²) in [5.41, 5.74) is 11.0. The molecule has 0 aliphatic rings. The first-order valence-electron chi connectivity index (χ1n) is 3.34. The number of hydrogen-bond acceptors (Lipinski definition) is 3. The molecule has 0 saturated carbocycles. The number of nitrogens with one attached hydrogen (secondary N) is 1. The van der Waals surface area contributed by atoms with Gasteiger partial charge in [-0.2, -0.15) is 0 Å². The molecule has 2 atom stereocenters. The third-order valence-electron chi connectivity index (χ3n) is 0.933. The van der Waals surface area contributed by atoms with Crippen molar-refractivity contribution in [2.75, 3.05) is 13.1 Å². The summed E-state index contributed by atoms with van der Waals surface area (Å²) >= 11 is 0. The molecule has 0 fully saturated rings. The van der Waals surface area contributed by atoms with Crippen molar-refractivity contribution in [3.8, 4) is 0 Å². The fourth-order valence-electron chi connectivity index (χ4n) is 0.539. The summed E-state index contributed by atoms with van der Waals surface area (Å²) in [5, 5.41) is 3.13. The molecule has 0 aromatic heterocycles. The average Bonchev–Trinajstić information content (AvgIpc) is 1.63. The molecule has 0 aliphatic carbocycles. The molecule has 0 aliphatic heterocycles. The second-order valence-corrected chi connectivity index (χ2v) is 2.61. The van der Waals surface area contributed by atoms with E-state index in [4.69, 9.17) is 11.5 Å². The van der Waals surface area contributed by atoms with Crippen LogP contribution in [0.15, 0.2) is 0 Å². The quantitative estimate of drug-likeness (QED) is 0.471. The largest absolute Gasteiger partial charge is 0.327 e. The Morgan fingerprint density at radius 1 is 1.11 bits per heavy atom. The molecule has 56 valence electrons. The van der Waals surface area contributed by atoms with Crippen molar-refractivity contribution in [1.82, 2.24) is 5.32 Å². The summed E-state index contributed by atoms with van der Waals surface area (Å²) in [5.74, 6) is 0. The van der Waals surface area contributed by atoms with Crippen LogP contribution < -0.4 is 16.8 Å². The molecule has 0 aromatic rings. The van der Waals surface area contributed by atoms with Gasteiger partial charge in [0.2, 0.25) is 0 Å². The first-order valence-corrected chi connectivity index (χ1v) is 3.34. The highest BCUT2D eigenvalue weighted by Crippen LogP contribution is 1.72. The van der Waals surface area contributed by atoms with E-state index >= 15 is 0 Å². The average molecular weight is 131 g/mol. The van der Waals surface area contributed by atoms with E-state index in [2.05, 4.69) is 5.32 Å². The van der Waals surface area contributed by atoms with E-state index in [9.17, 15) is 0 Å². The van der Waals surface area contributed by atoms with Crippen molar-refractivity contribution in [1.29, 1.82) is 0 Å². The molecule has 9 heavy (non-hydrogen) atoms. The van der Waals surface area contributed by atoms with Gasteiger partial charge in [-0.25, -0.2) is 0 Å². The maximum absolute atomic E-state index is 5.48. The smallest absolute Gasteiger partial charge is 0.0136 e. The Morgan fingerprint density at radius 2 is 1.44 bits per heavy atom. The van der Waals surface area contributed by atoms with Crippen LogP contribution >= 0.6 is 0 Å². The van der Waals surface area contributed by atoms with Gasteiger partial charge in [-0.1, -0.05) is 0 Å². The molecule has 5 N–H and O–H groups in total. The summed E-state index contributed by atoms with van der Waals surface area (Å²) in [4.78, 5) is 0. The first kappa shape index (κ1) is 8.88. The highest BCUT2D eigenvalue weighted by atomic mass is 14.9. The number of hydrogen-bond donors (Lipinski definition) is 3. The van der Waals surface area contributed by atoms with E-state index in [1.807, 2.05) is 13.8 Å². The van der Waals surface area contributed by atoms with Crippen molar-refractivity contribution in [3.63, 3.8) is 0 Å². The minimum Gasteiger partial charge on any atom is -0.327 e. The standard InChI is InChI=1S/C6H17N3/c1-5(7)3-9-4-6(2)8/h5-6,9H,3-4,7-8H2,1-2H3/t5-,6-/m1/s1. The van der Waals surface area contributed by atoms with E-state index in [-0.39, 0.29) is 12.1 Å². The lowest BCUT2D eigenvalue weighted by atomic mass is 10.3. The zero-order chi connectivity index (χ0) is 7.28. The van der Waals surface area contributed by atoms with Gasteiger partial charge in [-0.15, -0.1) is 0 Å². The summed E-state index contributed by atoms with van der Waals surface area (Å²) < 4.78 is 0. The minimum atomic E-state index is 0.226. The lowest BCUT2D eigenvalue weighted by Gasteiger charge is -2.08. The van der Waals surface area contributed by atoms with Gasteiger partial charge >= 0.3 is 0 Å². The predicted octanol–water partition coefficient (Wildman–Crippen LogP) is -0.730. The van der Waals surface area contributed by atoms with Crippen LogP contribution in [0.2, 0.25) is 0 Å². The summed E-state index contributed by atoms with van der Waals surface area (Å²) in [6.07, 6.45) is 0. The highest BCUT2D eigenvalue weighted by molar-refractivity contribution is 4.61. The van der Waals surface area contributed by atoms with Gasteiger partial charge in [0.15, 0.2) is 0 Å². The van der Waals surface area contributed by atoms with Crippen LogP contribution in [-0.4, -0.2) is 25.2 Å². The van der Waals surface area contributed by atoms with Crippen LogP contribution in [0.25, 0.3) is 0 Å². The Labute approximate surface area is 56.8 Å². The van der Waals surface area contributed by atoms with Crippen molar-refractivity contribution in [3.05, 3.63) is 0 Å². The van der Waals surface area contributed by atoms with Gasteiger partial charge in [0.1, 0.15) is 0 Å². The van der Waals surface area contributed by atoms with Gasteiger partial charge in [0.25, 0.3) is 0 Å². The lowest BCUT2D eigenvalue weighted by molar-refractivity contribution is 0.567. The topological polar surface area (TPSA) is 64.1 Å². The fraction of sp³-hybridized carbons (Fsp3) is 1.00. The molecule has 0 unspecified atom stereocenters. The molecular weight excluding hydrogens is 114 g/mol. The molecule has 3 nitrogen and oxygen atoms in total. The Balaban J connectivity index is 2.91. The third-order valence-corrected chi connectivity index (χ3v) is 0.933. The van der Waals surface area contributed by atoms with Crippen molar-refractivity contribution in [2.24, 2.45) is 11.5 Å². The third kappa shape index (κ3) is 7.88. The molecule has 0 radical (unpaired) electrons. The van der Waals surface area contributed by atoms with Crippen LogP contribution in [0.3, 0.4) is 0 Å². The minimum absolute atomic E-state index is 0.226. The molecule has 0 saturated heterocycles. The van der Waals surface area contributed by atoms with Gasteiger partial charge in [0, 0.05) is 25.2 Å². The summed E-state index contributed by atoms with van der Waals surface area (Å²) in [7, 11) is 0. The van der Waals surface area contributed by atoms with Crippen LogP contribution in [0.4, 0.5) is 0 Å². The number of rotatable bonds is 4. The van der Waals surface area contributed by atoms with E-state index in [1.165, 1.54) is 0 Å². The van der Waals surface area contributed by atoms with E-state index < -0.39 is 0 Å². The molecule has 3 heteroatoms. The van der Waals surface area contributed by atoms with Gasteiger partial charge in [-0.3, -0.25) is 0 Å². The molecule has 0 heterocycles. The second-order valence-electron chi connectivity index (χ2n) is 2.61.